The summed E-state index contributed by atoms with van der Waals surface area (Å²) in [6, 6.07) is 8.03. The molecule has 1 aromatic carbocycles. The van der Waals surface area contributed by atoms with Crippen molar-refractivity contribution in [2.24, 2.45) is 0 Å². The summed E-state index contributed by atoms with van der Waals surface area (Å²) in [7, 11) is 1.49. The largest absolute Gasteiger partial charge is 0.497 e. The van der Waals surface area contributed by atoms with Gasteiger partial charge < -0.3 is 14.0 Å². The monoisotopic (exact) mass is 277 g/mol. The van der Waals surface area contributed by atoms with Crippen LogP contribution in [0.4, 0.5) is 4.39 Å². The summed E-state index contributed by atoms with van der Waals surface area (Å²) >= 11 is 0. The van der Waals surface area contributed by atoms with Crippen LogP contribution >= 0.6 is 0 Å². The zero-order chi connectivity index (χ0) is 14.5. The van der Waals surface area contributed by atoms with E-state index >= 15 is 0 Å². The van der Waals surface area contributed by atoms with E-state index in [1.54, 1.807) is 42.0 Å². The number of halogens is 1. The molecule has 1 heterocycles. The first-order chi connectivity index (χ1) is 9.65. The fraction of sp³-hybridized carbons (Fsp3) is 0.267. The van der Waals surface area contributed by atoms with Crippen LogP contribution in [0.25, 0.3) is 0 Å². The molecule has 0 unspecified atom stereocenters. The predicted molar refractivity (Wildman–Crippen MR) is 72.4 cm³/mol. The van der Waals surface area contributed by atoms with Gasteiger partial charge in [0.2, 0.25) is 0 Å². The van der Waals surface area contributed by atoms with Crippen LogP contribution in [0.1, 0.15) is 23.0 Å². The zero-order valence-corrected chi connectivity index (χ0v) is 11.4. The van der Waals surface area contributed by atoms with E-state index in [0.29, 0.717) is 23.6 Å². The summed E-state index contributed by atoms with van der Waals surface area (Å²) in [5, 5.41) is 0. The molecule has 0 bridgehead atoms. The molecule has 0 saturated carbocycles. The van der Waals surface area contributed by atoms with E-state index in [2.05, 4.69) is 0 Å². The topological polar surface area (TPSA) is 40.5 Å². The lowest BCUT2D eigenvalue weighted by Crippen LogP contribution is -2.13. The number of rotatable bonds is 5. The zero-order valence-electron chi connectivity index (χ0n) is 11.4. The molecule has 0 spiro atoms. The second-order valence-electron chi connectivity index (χ2n) is 4.20. The molecule has 0 fully saturated rings. The van der Waals surface area contributed by atoms with Gasteiger partial charge in [0, 0.05) is 17.8 Å². The van der Waals surface area contributed by atoms with Crippen molar-refractivity contribution in [3.05, 3.63) is 53.6 Å². The average molecular weight is 277 g/mol. The quantitative estimate of drug-likeness (QED) is 0.789. The summed E-state index contributed by atoms with van der Waals surface area (Å²) in [6.45, 7) is 2.31. The molecule has 20 heavy (non-hydrogen) atoms. The smallest absolute Gasteiger partial charge is 0.354 e. The van der Waals surface area contributed by atoms with E-state index in [0.717, 1.165) is 0 Å². The van der Waals surface area contributed by atoms with Gasteiger partial charge in [-0.25, -0.2) is 9.18 Å². The number of carbonyl (C=O) groups is 1. The lowest BCUT2D eigenvalue weighted by Gasteiger charge is -2.10. The van der Waals surface area contributed by atoms with Crippen molar-refractivity contribution in [2.45, 2.75) is 13.5 Å². The van der Waals surface area contributed by atoms with Gasteiger partial charge in [-0.15, -0.1) is 0 Å². The molecule has 0 N–H and O–H groups in total. The molecule has 2 aromatic rings. The first kappa shape index (κ1) is 14.1. The fourth-order valence-corrected chi connectivity index (χ4v) is 1.91. The van der Waals surface area contributed by atoms with Crippen LogP contribution in [-0.2, 0) is 11.3 Å². The molecule has 0 saturated heterocycles. The Bertz CT molecular complexity index is 607. The van der Waals surface area contributed by atoms with E-state index in [1.807, 2.05) is 0 Å². The van der Waals surface area contributed by atoms with Gasteiger partial charge in [-0.3, -0.25) is 0 Å². The van der Waals surface area contributed by atoms with Crippen LogP contribution in [0.5, 0.6) is 5.75 Å². The summed E-state index contributed by atoms with van der Waals surface area (Å²) in [5.41, 5.74) is 0.884. The maximum absolute atomic E-state index is 13.9. The first-order valence-corrected chi connectivity index (χ1v) is 6.30. The number of nitrogens with zero attached hydrogens (tertiary/aromatic N) is 1. The number of methoxy groups -OCH3 is 1. The molecule has 1 aromatic heterocycles. The highest BCUT2D eigenvalue weighted by Crippen LogP contribution is 2.18. The van der Waals surface area contributed by atoms with E-state index in [1.165, 1.54) is 13.2 Å². The van der Waals surface area contributed by atoms with Crippen LogP contribution in [0, 0.1) is 5.82 Å². The highest BCUT2D eigenvalue weighted by atomic mass is 19.1. The summed E-state index contributed by atoms with van der Waals surface area (Å²) < 4.78 is 25.5. The third kappa shape index (κ3) is 2.99. The van der Waals surface area contributed by atoms with Crippen molar-refractivity contribution >= 4 is 5.97 Å². The molecule has 0 aliphatic carbocycles. The molecule has 106 valence electrons. The predicted octanol–water partition coefficient (Wildman–Crippen LogP) is 2.86. The van der Waals surface area contributed by atoms with Crippen LogP contribution in [0.2, 0.25) is 0 Å². The second-order valence-corrected chi connectivity index (χ2v) is 4.20. The Morgan fingerprint density at radius 3 is 2.80 bits per heavy atom. The number of hydrogen-bond donors (Lipinski definition) is 0. The van der Waals surface area contributed by atoms with Gasteiger partial charge in [-0.05, 0) is 25.1 Å². The van der Waals surface area contributed by atoms with Crippen LogP contribution in [0.3, 0.4) is 0 Å². The molecule has 0 aliphatic rings. The minimum absolute atomic E-state index is 0.261. The van der Waals surface area contributed by atoms with Crippen molar-refractivity contribution < 1.29 is 18.7 Å². The Hall–Kier alpha value is -2.30. The van der Waals surface area contributed by atoms with Gasteiger partial charge >= 0.3 is 5.97 Å². The third-order valence-electron chi connectivity index (χ3n) is 2.92. The van der Waals surface area contributed by atoms with E-state index < -0.39 is 5.97 Å². The Balaban J connectivity index is 2.22. The molecule has 0 aliphatic heterocycles. The number of benzene rings is 1. The van der Waals surface area contributed by atoms with Crippen LogP contribution in [-0.4, -0.2) is 24.3 Å². The van der Waals surface area contributed by atoms with Crippen molar-refractivity contribution in [3.63, 3.8) is 0 Å². The molecular weight excluding hydrogens is 261 g/mol. The Labute approximate surface area is 116 Å². The number of esters is 1. The molecule has 2 rings (SSSR count). The van der Waals surface area contributed by atoms with Crippen molar-refractivity contribution in [3.8, 4) is 5.75 Å². The Kier molecular flexibility index (Phi) is 4.40. The molecular formula is C15H16FNO3. The van der Waals surface area contributed by atoms with E-state index in [4.69, 9.17) is 9.47 Å². The summed E-state index contributed by atoms with van der Waals surface area (Å²) in [4.78, 5) is 11.7. The van der Waals surface area contributed by atoms with Gasteiger partial charge in [0.25, 0.3) is 0 Å². The van der Waals surface area contributed by atoms with Gasteiger partial charge in [0.1, 0.15) is 17.3 Å². The number of ether oxygens (including phenoxy) is 2. The van der Waals surface area contributed by atoms with Gasteiger partial charge in [0.15, 0.2) is 0 Å². The molecule has 5 heteroatoms. The van der Waals surface area contributed by atoms with Crippen LogP contribution in [0.15, 0.2) is 36.5 Å². The lowest BCUT2D eigenvalue weighted by atomic mass is 10.2. The molecule has 0 atom stereocenters. The Morgan fingerprint density at radius 2 is 2.15 bits per heavy atom. The average Bonchev–Trinajstić information content (AvgIpc) is 2.89. The van der Waals surface area contributed by atoms with Crippen molar-refractivity contribution in [1.82, 2.24) is 4.57 Å². The molecule has 0 radical (unpaired) electrons. The van der Waals surface area contributed by atoms with Crippen molar-refractivity contribution in [1.29, 1.82) is 0 Å². The van der Waals surface area contributed by atoms with Gasteiger partial charge in [0.05, 0.1) is 20.3 Å². The van der Waals surface area contributed by atoms with E-state index in [-0.39, 0.29) is 12.4 Å². The van der Waals surface area contributed by atoms with Crippen molar-refractivity contribution in [2.75, 3.05) is 13.7 Å². The molecule has 4 nitrogen and oxygen atoms in total. The lowest BCUT2D eigenvalue weighted by molar-refractivity contribution is 0.0514. The summed E-state index contributed by atoms with van der Waals surface area (Å²) in [6.07, 6.45) is 1.72. The highest BCUT2D eigenvalue weighted by Gasteiger charge is 2.13. The number of hydrogen-bond acceptors (Lipinski definition) is 3. The number of aromatic nitrogens is 1. The Morgan fingerprint density at radius 1 is 1.35 bits per heavy atom. The van der Waals surface area contributed by atoms with Gasteiger partial charge in [-0.2, -0.15) is 0 Å². The standard InChI is InChI=1S/C15H16FNO3/c1-3-20-15(18)14-5-4-8-17(14)10-11-6-7-12(19-2)9-13(11)16/h4-9H,3,10H2,1-2H3. The third-order valence-corrected chi connectivity index (χ3v) is 2.92. The first-order valence-electron chi connectivity index (χ1n) is 6.30. The minimum atomic E-state index is -0.411. The minimum Gasteiger partial charge on any atom is -0.497 e. The van der Waals surface area contributed by atoms with Gasteiger partial charge in [-0.1, -0.05) is 6.07 Å². The number of carbonyl (C=O) groups excluding carboxylic acids is 1. The second kappa shape index (κ2) is 6.23. The maximum Gasteiger partial charge on any atom is 0.354 e. The van der Waals surface area contributed by atoms with Crippen LogP contribution < -0.4 is 4.74 Å². The maximum atomic E-state index is 13.9. The normalized spacial score (nSPS) is 10.3. The highest BCUT2D eigenvalue weighted by molar-refractivity contribution is 5.87. The van der Waals surface area contributed by atoms with E-state index in [9.17, 15) is 9.18 Å². The summed E-state index contributed by atoms with van der Waals surface area (Å²) in [5.74, 6) is -0.316. The fourth-order valence-electron chi connectivity index (χ4n) is 1.91. The SMILES string of the molecule is CCOC(=O)c1cccn1Cc1ccc(OC)cc1F. The molecule has 0 amide bonds.